The van der Waals surface area contributed by atoms with Crippen molar-refractivity contribution >= 4 is 6.03 Å². The Hall–Kier alpha value is -2.57. The summed E-state index contributed by atoms with van der Waals surface area (Å²) in [4.78, 5) is 12.3. The molecule has 3 rings (SSSR count). The summed E-state index contributed by atoms with van der Waals surface area (Å²) in [6, 6.07) is 7.41. The molecule has 24 heavy (non-hydrogen) atoms. The van der Waals surface area contributed by atoms with E-state index in [1.807, 2.05) is 31.2 Å². The number of benzene rings is 1. The van der Waals surface area contributed by atoms with Gasteiger partial charge in [0.2, 0.25) is 0 Å². The van der Waals surface area contributed by atoms with Crippen LogP contribution in [0.15, 0.2) is 24.3 Å². The predicted molar refractivity (Wildman–Crippen MR) is 89.7 cm³/mol. The number of hydrogen-bond acceptors (Lipinski definition) is 4. The van der Waals surface area contributed by atoms with Crippen LogP contribution in [-0.4, -0.2) is 27.9 Å². The molecule has 0 saturated heterocycles. The average molecular weight is 329 g/mol. The van der Waals surface area contributed by atoms with Crippen LogP contribution in [0.25, 0.3) is 0 Å². The Kier molecular flexibility index (Phi) is 4.98. The molecule has 2 amide bonds. The van der Waals surface area contributed by atoms with E-state index in [0.29, 0.717) is 6.54 Å². The third-order valence-corrected chi connectivity index (χ3v) is 4.32. The number of methoxy groups -OCH3 is 1. The Bertz CT molecular complexity index is 713. The number of carbonyl (C=O) groups excluding carboxylic acids is 1. The lowest BCUT2D eigenvalue weighted by atomic mass is 10.0. The number of rotatable bonds is 6. The summed E-state index contributed by atoms with van der Waals surface area (Å²) >= 11 is 0. The molecule has 1 aliphatic heterocycles. The van der Waals surface area contributed by atoms with Gasteiger partial charge in [0.15, 0.2) is 5.82 Å². The highest BCUT2D eigenvalue weighted by Gasteiger charge is 2.19. The van der Waals surface area contributed by atoms with Gasteiger partial charge in [0, 0.05) is 18.5 Å². The van der Waals surface area contributed by atoms with E-state index in [0.717, 1.165) is 48.8 Å². The van der Waals surface area contributed by atoms with Crippen molar-refractivity contribution in [3.8, 4) is 5.75 Å². The van der Waals surface area contributed by atoms with Crippen LogP contribution in [0.3, 0.4) is 0 Å². The smallest absolute Gasteiger partial charge is 0.315 e. The third-order valence-electron chi connectivity index (χ3n) is 4.32. The highest BCUT2D eigenvalue weighted by molar-refractivity contribution is 5.74. The molecule has 0 saturated carbocycles. The molecule has 2 aromatic rings. The summed E-state index contributed by atoms with van der Waals surface area (Å²) in [5.41, 5.74) is 0.973. The first-order valence-electron chi connectivity index (χ1n) is 8.31. The van der Waals surface area contributed by atoms with Crippen LogP contribution in [0.2, 0.25) is 0 Å². The maximum Gasteiger partial charge on any atom is 0.315 e. The topological polar surface area (TPSA) is 81.1 Å². The van der Waals surface area contributed by atoms with Crippen molar-refractivity contribution in [2.45, 2.75) is 45.3 Å². The minimum atomic E-state index is -0.219. The second-order valence-electron chi connectivity index (χ2n) is 5.82. The normalized spacial score (nSPS) is 14.1. The summed E-state index contributed by atoms with van der Waals surface area (Å²) in [7, 11) is 1.64. The summed E-state index contributed by atoms with van der Waals surface area (Å²) in [5.74, 6) is 2.59. The Morgan fingerprint density at radius 2 is 2.21 bits per heavy atom. The standard InChI is InChI=1S/C17H23N5O2/c1-3-13(12-7-4-5-8-14(12)24-2)19-17(23)18-11-16-21-20-15-9-6-10-22(15)16/h4-5,7-8,13H,3,6,9-11H2,1-2H3,(H2,18,19,23)/t13-/m1/s1. The van der Waals surface area contributed by atoms with Gasteiger partial charge in [-0.15, -0.1) is 10.2 Å². The third kappa shape index (κ3) is 3.34. The molecule has 0 fully saturated rings. The predicted octanol–water partition coefficient (Wildman–Crippen LogP) is 2.18. The summed E-state index contributed by atoms with van der Waals surface area (Å²) in [6.45, 7) is 3.34. The number of para-hydroxylation sites is 1. The van der Waals surface area contributed by atoms with Gasteiger partial charge in [-0.2, -0.15) is 0 Å². The van der Waals surface area contributed by atoms with Crippen molar-refractivity contribution in [3.05, 3.63) is 41.5 Å². The van der Waals surface area contributed by atoms with Gasteiger partial charge in [-0.25, -0.2) is 4.79 Å². The van der Waals surface area contributed by atoms with E-state index >= 15 is 0 Å². The van der Waals surface area contributed by atoms with Crippen LogP contribution in [0, 0.1) is 0 Å². The van der Waals surface area contributed by atoms with Crippen LogP contribution in [0.1, 0.15) is 43.0 Å². The van der Waals surface area contributed by atoms with E-state index in [9.17, 15) is 4.79 Å². The molecule has 128 valence electrons. The lowest BCUT2D eigenvalue weighted by Gasteiger charge is -2.20. The van der Waals surface area contributed by atoms with Crippen molar-refractivity contribution in [1.29, 1.82) is 0 Å². The molecule has 2 heterocycles. The number of nitrogens with one attached hydrogen (secondary N) is 2. The molecule has 7 nitrogen and oxygen atoms in total. The highest BCUT2D eigenvalue weighted by Crippen LogP contribution is 2.26. The summed E-state index contributed by atoms with van der Waals surface area (Å²) in [5, 5.41) is 14.2. The zero-order valence-corrected chi connectivity index (χ0v) is 14.1. The molecule has 0 aliphatic carbocycles. The van der Waals surface area contributed by atoms with E-state index in [-0.39, 0.29) is 12.1 Å². The lowest BCUT2D eigenvalue weighted by molar-refractivity contribution is 0.235. The molecule has 0 bridgehead atoms. The minimum absolute atomic E-state index is 0.106. The maximum absolute atomic E-state index is 12.3. The molecular formula is C17H23N5O2. The number of aromatic nitrogens is 3. The number of aryl methyl sites for hydroxylation is 1. The fourth-order valence-corrected chi connectivity index (χ4v) is 3.06. The van der Waals surface area contributed by atoms with Crippen molar-refractivity contribution in [2.24, 2.45) is 0 Å². The Labute approximate surface area is 141 Å². The Balaban J connectivity index is 1.60. The fraction of sp³-hybridized carbons (Fsp3) is 0.471. The monoisotopic (exact) mass is 329 g/mol. The van der Waals surface area contributed by atoms with Gasteiger partial charge >= 0.3 is 6.03 Å². The first-order chi connectivity index (χ1) is 11.7. The molecule has 1 atom stereocenters. The Morgan fingerprint density at radius 1 is 1.38 bits per heavy atom. The van der Waals surface area contributed by atoms with Gasteiger partial charge in [0.05, 0.1) is 19.7 Å². The van der Waals surface area contributed by atoms with Crippen molar-refractivity contribution in [3.63, 3.8) is 0 Å². The highest BCUT2D eigenvalue weighted by atomic mass is 16.5. The second-order valence-corrected chi connectivity index (χ2v) is 5.82. The van der Waals surface area contributed by atoms with Crippen LogP contribution in [-0.2, 0) is 19.5 Å². The van der Waals surface area contributed by atoms with Gasteiger partial charge in [-0.1, -0.05) is 25.1 Å². The second kappa shape index (κ2) is 7.33. The van der Waals surface area contributed by atoms with Crippen molar-refractivity contribution < 1.29 is 9.53 Å². The number of urea groups is 1. The van der Waals surface area contributed by atoms with E-state index in [4.69, 9.17) is 4.74 Å². The van der Waals surface area contributed by atoms with Crippen LogP contribution in [0.4, 0.5) is 4.79 Å². The van der Waals surface area contributed by atoms with Crippen LogP contribution < -0.4 is 15.4 Å². The van der Waals surface area contributed by atoms with Crippen LogP contribution >= 0.6 is 0 Å². The SMILES string of the molecule is CC[C@@H](NC(=O)NCc1nnc2n1CCC2)c1ccccc1OC. The largest absolute Gasteiger partial charge is 0.496 e. The first kappa shape index (κ1) is 16.3. The fourth-order valence-electron chi connectivity index (χ4n) is 3.06. The van der Waals surface area contributed by atoms with Crippen LogP contribution in [0.5, 0.6) is 5.75 Å². The Morgan fingerprint density at radius 3 is 3.00 bits per heavy atom. The van der Waals surface area contributed by atoms with Gasteiger partial charge < -0.3 is 19.9 Å². The van der Waals surface area contributed by atoms with Gasteiger partial charge in [-0.05, 0) is 18.9 Å². The molecule has 0 radical (unpaired) electrons. The molecule has 2 N–H and O–H groups in total. The molecule has 0 spiro atoms. The number of nitrogens with zero attached hydrogens (tertiary/aromatic N) is 3. The quantitative estimate of drug-likeness (QED) is 0.851. The zero-order valence-electron chi connectivity index (χ0n) is 14.1. The molecule has 1 aromatic carbocycles. The number of fused-ring (bicyclic) bond motifs is 1. The number of carbonyl (C=O) groups is 1. The molecule has 1 aliphatic rings. The first-order valence-corrected chi connectivity index (χ1v) is 8.31. The molecule has 7 heteroatoms. The van der Waals surface area contributed by atoms with Crippen molar-refractivity contribution in [1.82, 2.24) is 25.4 Å². The zero-order chi connectivity index (χ0) is 16.9. The van der Waals surface area contributed by atoms with Crippen molar-refractivity contribution in [2.75, 3.05) is 7.11 Å². The van der Waals surface area contributed by atoms with E-state index in [1.165, 1.54) is 0 Å². The molecule has 1 aromatic heterocycles. The lowest BCUT2D eigenvalue weighted by Crippen LogP contribution is -2.38. The summed E-state index contributed by atoms with van der Waals surface area (Å²) < 4.78 is 7.47. The number of hydrogen-bond donors (Lipinski definition) is 2. The number of amides is 2. The van der Waals surface area contributed by atoms with Gasteiger partial charge in [-0.3, -0.25) is 0 Å². The van der Waals surface area contributed by atoms with E-state index in [2.05, 4.69) is 25.4 Å². The number of ether oxygens (including phenoxy) is 1. The van der Waals surface area contributed by atoms with E-state index in [1.54, 1.807) is 7.11 Å². The molecule has 0 unspecified atom stereocenters. The summed E-state index contributed by atoms with van der Waals surface area (Å²) in [6.07, 6.45) is 2.83. The minimum Gasteiger partial charge on any atom is -0.496 e. The van der Waals surface area contributed by atoms with Gasteiger partial charge in [0.1, 0.15) is 11.6 Å². The van der Waals surface area contributed by atoms with E-state index < -0.39 is 0 Å². The molecular weight excluding hydrogens is 306 g/mol. The maximum atomic E-state index is 12.3. The average Bonchev–Trinajstić information content (AvgIpc) is 3.22. The van der Waals surface area contributed by atoms with Gasteiger partial charge in [0.25, 0.3) is 0 Å².